The van der Waals surface area contributed by atoms with Crippen LogP contribution in [0.15, 0.2) is 82.4 Å². The van der Waals surface area contributed by atoms with Gasteiger partial charge in [-0.15, -0.1) is 0 Å². The van der Waals surface area contributed by atoms with Gasteiger partial charge in [0.1, 0.15) is 29.3 Å². The van der Waals surface area contributed by atoms with E-state index < -0.39 is 5.69 Å². The molecular formula is C56H78N10O7. The number of carbonyl (C=O) groups excluding carboxylic acids is 1. The maximum atomic E-state index is 12.7. The number of benzene rings is 4. The highest BCUT2D eigenvalue weighted by molar-refractivity contribution is 5.70. The minimum absolute atomic E-state index is 0.0212. The van der Waals surface area contributed by atoms with Gasteiger partial charge in [-0.25, -0.2) is 28.9 Å². The summed E-state index contributed by atoms with van der Waals surface area (Å²) in [5.41, 5.74) is 5.07. The van der Waals surface area contributed by atoms with Gasteiger partial charge in [0, 0.05) is 84.0 Å². The topological polar surface area (TPSA) is 221 Å². The Hall–Kier alpha value is -6.53. The minimum atomic E-state index is -0.390. The molecule has 394 valence electrons. The number of phenolic OH excluding ortho intramolecular Hbond substituents is 4. The normalized spacial score (nSPS) is 14.5. The molecule has 0 bridgehead atoms. The van der Waals surface area contributed by atoms with Gasteiger partial charge in [-0.1, -0.05) is 97.9 Å². The van der Waals surface area contributed by atoms with Gasteiger partial charge in [-0.2, -0.15) is 10.2 Å². The smallest absolute Gasteiger partial charge is 0.348 e. The Morgan fingerprint density at radius 3 is 1.40 bits per heavy atom. The van der Waals surface area contributed by atoms with Crippen LogP contribution >= 0.6 is 0 Å². The Bertz CT molecular complexity index is 2760. The van der Waals surface area contributed by atoms with Crippen LogP contribution in [0.1, 0.15) is 127 Å². The van der Waals surface area contributed by atoms with Crippen molar-refractivity contribution in [1.82, 2.24) is 49.5 Å². The molecule has 73 heavy (non-hydrogen) atoms. The van der Waals surface area contributed by atoms with Gasteiger partial charge in [-0.05, 0) is 89.9 Å². The number of phenols is 4. The number of aldehydes is 1. The number of hydrogen-bond acceptors (Lipinski definition) is 13. The molecule has 0 aliphatic carbocycles. The lowest BCUT2D eigenvalue weighted by Gasteiger charge is -2.34. The predicted molar refractivity (Wildman–Crippen MR) is 288 cm³/mol. The summed E-state index contributed by atoms with van der Waals surface area (Å²) in [7, 11) is 0. The molecule has 0 spiro atoms. The van der Waals surface area contributed by atoms with Crippen molar-refractivity contribution in [2.45, 2.75) is 118 Å². The summed E-state index contributed by atoms with van der Waals surface area (Å²) in [5, 5.41) is 57.9. The standard InChI is InChI=1S/C28H39N5O3.C22H27N5O3.C6H12O/c1-4-5-6-7-12-31-13-15-32(16-14-31)19-21-8-10-22(11-9-21)33-27(29-30-28(33)36)24-17-23(20(2)3)25(34)18-26(24)35;1-14(2)17-11-18(20(29)12-19(17)28)21-24-25-22(30)27(21)16-5-3-15(4-6-16)13-26-9-7-23-8-10-26;1-2-3-4-5-6-7/h8-11,17-18,20,34-35H,4-7,12-16,19H2,1-3H3,(H,30,36);3-6,11-12,14,23,28-29H,7-10,13H2,1-2H3,(H,25,30);6H,2-5H2,1H3. The van der Waals surface area contributed by atoms with E-state index in [4.69, 9.17) is 0 Å². The van der Waals surface area contributed by atoms with E-state index in [2.05, 4.69) is 54.3 Å². The molecule has 0 saturated carbocycles. The average molecular weight is 1000 g/mol. The van der Waals surface area contributed by atoms with Crippen molar-refractivity contribution >= 4 is 6.29 Å². The molecule has 0 atom stereocenters. The molecule has 6 aromatic rings. The Balaban J connectivity index is 0.000000213. The third kappa shape index (κ3) is 15.3. The third-order valence-electron chi connectivity index (χ3n) is 13.5. The van der Waals surface area contributed by atoms with Gasteiger partial charge in [0.05, 0.1) is 22.5 Å². The zero-order valence-corrected chi connectivity index (χ0v) is 43.7. The first kappa shape index (κ1) is 55.8. The van der Waals surface area contributed by atoms with Crippen molar-refractivity contribution in [3.8, 4) is 57.1 Å². The Kier molecular flexibility index (Phi) is 21.0. The van der Waals surface area contributed by atoms with Gasteiger partial charge in [0.2, 0.25) is 0 Å². The molecule has 17 nitrogen and oxygen atoms in total. The number of aromatic amines is 2. The molecule has 8 rings (SSSR count). The van der Waals surface area contributed by atoms with Crippen LogP contribution in [0.2, 0.25) is 0 Å². The second-order valence-electron chi connectivity index (χ2n) is 19.7. The predicted octanol–water partition coefficient (Wildman–Crippen LogP) is 8.39. The first-order valence-electron chi connectivity index (χ1n) is 26.2. The van der Waals surface area contributed by atoms with Crippen molar-refractivity contribution in [3.05, 3.63) is 116 Å². The highest BCUT2D eigenvalue weighted by Gasteiger charge is 2.22. The lowest BCUT2D eigenvalue weighted by molar-refractivity contribution is -0.107. The van der Waals surface area contributed by atoms with Crippen molar-refractivity contribution in [3.63, 3.8) is 0 Å². The molecule has 4 heterocycles. The number of rotatable bonds is 19. The summed E-state index contributed by atoms with van der Waals surface area (Å²) in [4.78, 5) is 42.3. The molecule has 0 unspecified atom stereocenters. The number of H-pyrrole nitrogens is 2. The number of hydrogen-bond donors (Lipinski definition) is 7. The summed E-state index contributed by atoms with van der Waals surface area (Å²) in [6.07, 6.45) is 10.4. The van der Waals surface area contributed by atoms with E-state index in [1.807, 2.05) is 76.2 Å². The van der Waals surface area contributed by atoms with Crippen LogP contribution in [0.25, 0.3) is 34.2 Å². The van der Waals surface area contributed by atoms with Crippen molar-refractivity contribution < 1.29 is 25.2 Å². The van der Waals surface area contributed by atoms with Crippen molar-refractivity contribution in [1.29, 1.82) is 0 Å². The lowest BCUT2D eigenvalue weighted by atomic mass is 9.98. The van der Waals surface area contributed by atoms with E-state index in [1.165, 1.54) is 77.5 Å². The van der Waals surface area contributed by atoms with Gasteiger partial charge in [0.15, 0.2) is 11.6 Å². The van der Waals surface area contributed by atoms with E-state index >= 15 is 0 Å². The molecule has 4 aromatic carbocycles. The SMILES string of the molecule is CC(C)c1cc(-c2n[nH]c(=O)n2-c2ccc(CN3CCNCC3)cc2)c(O)cc1O.CCCCCC=O.CCCCCCN1CCN(Cc2ccc(-n3c(-c4cc(C(C)C)c(O)cc4O)n[nH]c3=O)cc2)CC1. The number of carbonyl (C=O) groups is 1. The monoisotopic (exact) mass is 1000 g/mol. The van der Waals surface area contributed by atoms with Crippen LogP contribution < -0.4 is 16.7 Å². The number of unbranched alkanes of at least 4 members (excludes halogenated alkanes) is 6. The molecule has 2 aliphatic heterocycles. The molecule has 2 saturated heterocycles. The van der Waals surface area contributed by atoms with E-state index in [0.717, 1.165) is 84.6 Å². The Morgan fingerprint density at radius 2 is 0.973 bits per heavy atom. The summed E-state index contributed by atoms with van der Waals surface area (Å²) in [6, 6.07) is 21.7. The number of nitrogens with zero attached hydrogens (tertiary/aromatic N) is 7. The van der Waals surface area contributed by atoms with Crippen LogP contribution in [0.5, 0.6) is 23.0 Å². The summed E-state index contributed by atoms with van der Waals surface area (Å²) >= 11 is 0. The zero-order valence-electron chi connectivity index (χ0n) is 43.7. The highest BCUT2D eigenvalue weighted by Crippen LogP contribution is 2.39. The maximum absolute atomic E-state index is 12.7. The Morgan fingerprint density at radius 1 is 0.548 bits per heavy atom. The number of aromatic hydroxyl groups is 4. The summed E-state index contributed by atoms with van der Waals surface area (Å²) in [6.45, 7) is 23.6. The van der Waals surface area contributed by atoms with Crippen LogP contribution in [0.3, 0.4) is 0 Å². The van der Waals surface area contributed by atoms with E-state index in [-0.39, 0.29) is 40.5 Å². The second-order valence-corrected chi connectivity index (χ2v) is 19.7. The largest absolute Gasteiger partial charge is 0.508 e. The second kappa shape index (κ2) is 27.5. The fraction of sp³-hybridized carbons (Fsp3) is 0.482. The van der Waals surface area contributed by atoms with Crippen LogP contribution in [-0.2, 0) is 17.9 Å². The fourth-order valence-electron chi connectivity index (χ4n) is 9.20. The van der Waals surface area contributed by atoms with Crippen molar-refractivity contribution in [2.75, 3.05) is 58.9 Å². The fourth-order valence-corrected chi connectivity index (χ4v) is 9.20. The molecule has 0 radical (unpaired) electrons. The quantitative estimate of drug-likeness (QED) is 0.0300. The van der Waals surface area contributed by atoms with E-state index in [0.29, 0.717) is 45.3 Å². The highest BCUT2D eigenvalue weighted by atomic mass is 16.3. The molecule has 2 aromatic heterocycles. The van der Waals surface area contributed by atoms with E-state index in [9.17, 15) is 34.8 Å². The number of nitrogens with one attached hydrogen (secondary N) is 3. The van der Waals surface area contributed by atoms with Crippen LogP contribution in [0, 0.1) is 0 Å². The minimum Gasteiger partial charge on any atom is -0.508 e. The zero-order chi connectivity index (χ0) is 52.4. The van der Waals surface area contributed by atoms with Gasteiger partial charge >= 0.3 is 11.4 Å². The molecule has 17 heteroatoms. The molecule has 0 amide bonds. The third-order valence-corrected chi connectivity index (χ3v) is 13.5. The van der Waals surface area contributed by atoms with Crippen molar-refractivity contribution in [2.24, 2.45) is 0 Å². The first-order valence-corrected chi connectivity index (χ1v) is 26.2. The van der Waals surface area contributed by atoms with Gasteiger partial charge in [0.25, 0.3) is 0 Å². The lowest BCUT2D eigenvalue weighted by Crippen LogP contribution is -2.46. The summed E-state index contributed by atoms with van der Waals surface area (Å²) in [5.74, 6) is 0.492. The number of aromatic nitrogens is 6. The average Bonchev–Trinajstić information content (AvgIpc) is 3.96. The number of piperazine rings is 2. The molecule has 7 N–H and O–H groups in total. The van der Waals surface area contributed by atoms with E-state index in [1.54, 1.807) is 12.1 Å². The van der Waals surface area contributed by atoms with Crippen LogP contribution in [0.4, 0.5) is 0 Å². The van der Waals surface area contributed by atoms with Gasteiger partial charge in [-0.3, -0.25) is 9.80 Å². The first-order chi connectivity index (χ1) is 35.2. The molecule has 2 aliphatic rings. The van der Waals surface area contributed by atoms with Gasteiger partial charge < -0.3 is 35.4 Å². The molecule has 2 fully saturated rings. The van der Waals surface area contributed by atoms with Crippen LogP contribution in [-0.4, -0.2) is 130 Å². The maximum Gasteiger partial charge on any atom is 0.348 e. The Labute approximate surface area is 429 Å². The summed E-state index contributed by atoms with van der Waals surface area (Å²) < 4.78 is 2.89. The molecular weight excluding hydrogens is 925 g/mol.